The highest BCUT2D eigenvalue weighted by atomic mass is 35.5. The van der Waals surface area contributed by atoms with Crippen LogP contribution in [-0.2, 0) is 0 Å². The molecule has 0 unspecified atom stereocenters. The van der Waals surface area contributed by atoms with Crippen LogP contribution in [0.3, 0.4) is 0 Å². The Bertz CT molecular complexity index is 647. The van der Waals surface area contributed by atoms with Gasteiger partial charge in [0.2, 0.25) is 0 Å². The largest absolute Gasteiger partial charge is 0.340 e. The summed E-state index contributed by atoms with van der Waals surface area (Å²) >= 11 is 11.7. The van der Waals surface area contributed by atoms with Gasteiger partial charge in [-0.25, -0.2) is 4.98 Å². The first-order valence-corrected chi connectivity index (χ1v) is 6.06. The van der Waals surface area contributed by atoms with E-state index in [-0.39, 0.29) is 10.8 Å². The quantitative estimate of drug-likeness (QED) is 0.519. The molecule has 1 heterocycles. The molecular weight excluding hydrogens is 289 g/mol. The van der Waals surface area contributed by atoms with Crippen molar-refractivity contribution < 1.29 is 4.92 Å². The minimum Gasteiger partial charge on any atom is -0.340 e. The fourth-order valence-corrected chi connectivity index (χ4v) is 1.89. The van der Waals surface area contributed by atoms with Gasteiger partial charge in [-0.2, -0.15) is 0 Å². The summed E-state index contributed by atoms with van der Waals surface area (Å²) in [6.07, 6.45) is 0. The summed E-state index contributed by atoms with van der Waals surface area (Å²) in [5.74, 6) is 0.296. The van der Waals surface area contributed by atoms with Crippen molar-refractivity contribution >= 4 is 40.4 Å². The zero-order valence-electron chi connectivity index (χ0n) is 9.85. The van der Waals surface area contributed by atoms with Crippen LogP contribution in [0.25, 0.3) is 0 Å². The van der Waals surface area contributed by atoms with Crippen molar-refractivity contribution in [2.75, 3.05) is 5.32 Å². The van der Waals surface area contributed by atoms with Crippen LogP contribution in [0.15, 0.2) is 30.3 Å². The molecule has 1 N–H and O–H groups in total. The van der Waals surface area contributed by atoms with E-state index in [9.17, 15) is 10.1 Å². The first-order valence-electron chi connectivity index (χ1n) is 5.31. The van der Waals surface area contributed by atoms with E-state index < -0.39 is 4.92 Å². The Balaban J connectivity index is 2.38. The van der Waals surface area contributed by atoms with Gasteiger partial charge in [0.05, 0.1) is 17.1 Å². The number of nitrogens with zero attached hydrogens (tertiary/aromatic N) is 2. The van der Waals surface area contributed by atoms with Gasteiger partial charge in [-0.15, -0.1) is 0 Å². The van der Waals surface area contributed by atoms with E-state index in [1.165, 1.54) is 12.1 Å². The topological polar surface area (TPSA) is 68.1 Å². The second kappa shape index (κ2) is 5.42. The number of nitro groups is 1. The lowest BCUT2D eigenvalue weighted by Crippen LogP contribution is -1.98. The Kier molecular flexibility index (Phi) is 3.87. The van der Waals surface area contributed by atoms with Crippen molar-refractivity contribution in [3.8, 4) is 0 Å². The molecule has 19 heavy (non-hydrogen) atoms. The summed E-state index contributed by atoms with van der Waals surface area (Å²) in [5.41, 5.74) is 1.53. The van der Waals surface area contributed by atoms with E-state index in [0.29, 0.717) is 10.8 Å². The van der Waals surface area contributed by atoms with Gasteiger partial charge in [0, 0.05) is 10.7 Å². The first kappa shape index (κ1) is 13.6. The van der Waals surface area contributed by atoms with Gasteiger partial charge in [0.15, 0.2) is 0 Å². The number of halogens is 2. The third kappa shape index (κ3) is 3.33. The van der Waals surface area contributed by atoms with E-state index in [0.717, 1.165) is 11.3 Å². The van der Waals surface area contributed by atoms with Crippen molar-refractivity contribution in [1.29, 1.82) is 0 Å². The summed E-state index contributed by atoms with van der Waals surface area (Å²) in [4.78, 5) is 14.2. The highest BCUT2D eigenvalue weighted by Crippen LogP contribution is 2.26. The second-order valence-electron chi connectivity index (χ2n) is 3.87. The van der Waals surface area contributed by atoms with Crippen molar-refractivity contribution in [2.45, 2.75) is 6.92 Å². The molecule has 0 amide bonds. The van der Waals surface area contributed by atoms with Gasteiger partial charge in [-0.3, -0.25) is 10.1 Å². The third-order valence-corrected chi connectivity index (χ3v) is 2.88. The maximum Gasteiger partial charge on any atom is 0.276 e. The van der Waals surface area contributed by atoms with E-state index in [1.54, 1.807) is 12.1 Å². The average molecular weight is 298 g/mol. The Morgan fingerprint density at radius 1 is 1.26 bits per heavy atom. The van der Waals surface area contributed by atoms with Crippen molar-refractivity contribution in [2.24, 2.45) is 0 Å². The normalized spacial score (nSPS) is 10.3. The molecule has 0 spiro atoms. The minimum absolute atomic E-state index is 0.0522. The second-order valence-corrected chi connectivity index (χ2v) is 4.70. The molecule has 2 aromatic rings. The number of rotatable bonds is 3. The van der Waals surface area contributed by atoms with Crippen molar-refractivity contribution in [3.63, 3.8) is 0 Å². The molecule has 0 aliphatic heterocycles. The fourth-order valence-electron chi connectivity index (χ4n) is 1.52. The molecule has 0 saturated heterocycles. The van der Waals surface area contributed by atoms with E-state index in [2.05, 4.69) is 10.3 Å². The molecule has 98 valence electrons. The summed E-state index contributed by atoms with van der Waals surface area (Å²) in [7, 11) is 0. The van der Waals surface area contributed by atoms with Gasteiger partial charge in [0.1, 0.15) is 11.0 Å². The maximum absolute atomic E-state index is 10.7. The van der Waals surface area contributed by atoms with Crippen LogP contribution >= 0.6 is 23.2 Å². The van der Waals surface area contributed by atoms with Crippen LogP contribution in [0.4, 0.5) is 17.2 Å². The lowest BCUT2D eigenvalue weighted by atomic mass is 10.2. The molecule has 5 nitrogen and oxygen atoms in total. The smallest absolute Gasteiger partial charge is 0.276 e. The van der Waals surface area contributed by atoms with E-state index in [1.807, 2.05) is 13.0 Å². The molecule has 0 radical (unpaired) electrons. The maximum atomic E-state index is 10.7. The molecule has 0 saturated carbocycles. The lowest BCUT2D eigenvalue weighted by molar-refractivity contribution is -0.384. The van der Waals surface area contributed by atoms with Crippen LogP contribution in [0.5, 0.6) is 0 Å². The van der Waals surface area contributed by atoms with Gasteiger partial charge < -0.3 is 5.32 Å². The minimum atomic E-state index is -0.524. The highest BCUT2D eigenvalue weighted by molar-refractivity contribution is 6.31. The number of aromatic nitrogens is 1. The SMILES string of the molecule is Cc1ccc(Cl)cc1Nc1cc([N+](=O)[O-])cc(Cl)n1. The van der Waals surface area contributed by atoms with E-state index >= 15 is 0 Å². The average Bonchev–Trinajstić information content (AvgIpc) is 2.33. The highest BCUT2D eigenvalue weighted by Gasteiger charge is 2.11. The zero-order chi connectivity index (χ0) is 14.0. The predicted molar refractivity (Wildman–Crippen MR) is 75.4 cm³/mol. The number of aryl methyl sites for hydroxylation is 1. The van der Waals surface area contributed by atoms with E-state index in [4.69, 9.17) is 23.2 Å². The molecule has 0 atom stereocenters. The van der Waals surface area contributed by atoms with Crippen LogP contribution in [0.2, 0.25) is 10.2 Å². The van der Waals surface area contributed by atoms with Gasteiger partial charge >= 0.3 is 0 Å². The van der Waals surface area contributed by atoms with Gasteiger partial charge in [0.25, 0.3) is 5.69 Å². The zero-order valence-corrected chi connectivity index (χ0v) is 11.4. The predicted octanol–water partition coefficient (Wildman–Crippen LogP) is 4.35. The molecular formula is C12H9Cl2N3O2. The van der Waals surface area contributed by atoms with Crippen molar-refractivity contribution in [1.82, 2.24) is 4.98 Å². The summed E-state index contributed by atoms with van der Waals surface area (Å²) < 4.78 is 0. The van der Waals surface area contributed by atoms with Crippen LogP contribution in [0.1, 0.15) is 5.56 Å². The fraction of sp³-hybridized carbons (Fsp3) is 0.0833. The standard InChI is InChI=1S/C12H9Cl2N3O2/c1-7-2-3-8(13)4-10(7)15-12-6-9(17(18)19)5-11(14)16-12/h2-6H,1H3,(H,15,16). The Morgan fingerprint density at radius 2 is 2.00 bits per heavy atom. The molecule has 0 aliphatic carbocycles. The van der Waals surface area contributed by atoms with Gasteiger partial charge in [-0.05, 0) is 24.6 Å². The number of nitrogens with one attached hydrogen (secondary N) is 1. The number of benzene rings is 1. The molecule has 1 aromatic carbocycles. The monoisotopic (exact) mass is 297 g/mol. The molecule has 1 aromatic heterocycles. The summed E-state index contributed by atoms with van der Waals surface area (Å²) in [5, 5.41) is 14.3. The van der Waals surface area contributed by atoms with Crippen LogP contribution in [0, 0.1) is 17.0 Å². The van der Waals surface area contributed by atoms with Crippen molar-refractivity contribution in [3.05, 3.63) is 56.2 Å². The molecule has 0 fully saturated rings. The lowest BCUT2D eigenvalue weighted by Gasteiger charge is -2.09. The Hall–Kier alpha value is -1.85. The number of anilines is 2. The van der Waals surface area contributed by atoms with Crippen LogP contribution < -0.4 is 5.32 Å². The van der Waals surface area contributed by atoms with Crippen LogP contribution in [-0.4, -0.2) is 9.91 Å². The Morgan fingerprint density at radius 3 is 2.68 bits per heavy atom. The number of hydrogen-bond acceptors (Lipinski definition) is 4. The third-order valence-electron chi connectivity index (χ3n) is 2.45. The van der Waals surface area contributed by atoms with Gasteiger partial charge in [-0.1, -0.05) is 29.3 Å². The summed E-state index contributed by atoms with van der Waals surface area (Å²) in [6, 6.07) is 7.81. The molecule has 0 aliphatic rings. The summed E-state index contributed by atoms with van der Waals surface area (Å²) in [6.45, 7) is 1.89. The molecule has 0 bridgehead atoms. The molecule has 7 heteroatoms. The molecule has 2 rings (SSSR count). The first-order chi connectivity index (χ1) is 8.95. The number of pyridine rings is 1. The Labute approximate surface area is 119 Å². The number of hydrogen-bond donors (Lipinski definition) is 1.